The maximum Gasteiger partial charge on any atom is 0.220 e. The minimum absolute atomic E-state index is 0. The van der Waals surface area contributed by atoms with Crippen molar-refractivity contribution in [3.05, 3.63) is 34.6 Å². The molecule has 3 nitrogen and oxygen atoms in total. The first kappa shape index (κ1) is 21.2. The first-order valence-electron chi connectivity index (χ1n) is 8.31. The van der Waals surface area contributed by atoms with Crippen LogP contribution in [0.15, 0.2) is 18.2 Å². The number of nitrogens with one attached hydrogen (secondary N) is 2. The second kappa shape index (κ2) is 9.59. The number of rotatable bonds is 6. The van der Waals surface area contributed by atoms with Gasteiger partial charge >= 0.3 is 0 Å². The van der Waals surface area contributed by atoms with Crippen molar-refractivity contribution >= 4 is 29.9 Å². The summed E-state index contributed by atoms with van der Waals surface area (Å²) in [5.74, 6) is 0.386. The van der Waals surface area contributed by atoms with Crippen molar-refractivity contribution < 1.29 is 9.18 Å². The van der Waals surface area contributed by atoms with Gasteiger partial charge in [0.1, 0.15) is 5.82 Å². The van der Waals surface area contributed by atoms with Gasteiger partial charge in [-0.25, -0.2) is 4.39 Å². The summed E-state index contributed by atoms with van der Waals surface area (Å²) in [6.07, 6.45) is 3.83. The molecule has 0 radical (unpaired) electrons. The van der Waals surface area contributed by atoms with E-state index in [9.17, 15) is 9.18 Å². The van der Waals surface area contributed by atoms with E-state index in [0.717, 1.165) is 37.9 Å². The molecule has 0 unspecified atom stereocenters. The van der Waals surface area contributed by atoms with E-state index in [-0.39, 0.29) is 29.5 Å². The molecule has 1 aromatic rings. The highest BCUT2D eigenvalue weighted by Gasteiger charge is 2.24. The lowest BCUT2D eigenvalue weighted by atomic mass is 9.84. The molecule has 0 atom stereocenters. The Morgan fingerprint density at radius 3 is 2.67 bits per heavy atom. The molecule has 0 bridgehead atoms. The third kappa shape index (κ3) is 6.23. The summed E-state index contributed by atoms with van der Waals surface area (Å²) < 4.78 is 13.2. The molecule has 1 aliphatic rings. The van der Waals surface area contributed by atoms with E-state index in [1.165, 1.54) is 12.1 Å². The normalized spacial score (nSPS) is 15.7. The molecule has 1 aromatic carbocycles. The monoisotopic (exact) mass is 376 g/mol. The lowest BCUT2D eigenvalue weighted by Crippen LogP contribution is -2.37. The van der Waals surface area contributed by atoms with Crippen LogP contribution in [0, 0.1) is 11.7 Å². The summed E-state index contributed by atoms with van der Waals surface area (Å²) in [5.41, 5.74) is 0.508. The molecule has 0 aliphatic carbocycles. The molecular weight excluding hydrogens is 350 g/mol. The van der Waals surface area contributed by atoms with E-state index in [1.54, 1.807) is 6.07 Å². The van der Waals surface area contributed by atoms with E-state index in [2.05, 4.69) is 10.6 Å². The van der Waals surface area contributed by atoms with Gasteiger partial charge in [0.15, 0.2) is 0 Å². The maximum absolute atomic E-state index is 13.2. The highest BCUT2D eigenvalue weighted by atomic mass is 35.5. The Bertz CT molecular complexity index is 546. The van der Waals surface area contributed by atoms with Gasteiger partial charge in [-0.2, -0.15) is 0 Å². The zero-order valence-electron chi connectivity index (χ0n) is 14.3. The smallest absolute Gasteiger partial charge is 0.220 e. The number of hydrogen-bond donors (Lipinski definition) is 2. The van der Waals surface area contributed by atoms with Gasteiger partial charge in [-0.1, -0.05) is 31.5 Å². The summed E-state index contributed by atoms with van der Waals surface area (Å²) >= 11 is 6.13. The Hall–Kier alpha value is -0.840. The molecule has 1 heterocycles. The molecule has 1 amide bonds. The summed E-state index contributed by atoms with van der Waals surface area (Å²) in [4.78, 5) is 12.1. The van der Waals surface area contributed by atoms with E-state index < -0.39 is 0 Å². The molecule has 1 aliphatic heterocycles. The minimum atomic E-state index is -0.347. The molecule has 136 valence electrons. The predicted molar refractivity (Wildman–Crippen MR) is 99.5 cm³/mol. The SMILES string of the molecule is CC(C)(CNC(=O)CCC1CCNCC1)c1ccc(F)cc1Cl.Cl. The van der Waals surface area contributed by atoms with Crippen LogP contribution in [0.25, 0.3) is 0 Å². The lowest BCUT2D eigenvalue weighted by molar-refractivity contribution is -0.121. The van der Waals surface area contributed by atoms with Gasteiger partial charge in [0, 0.05) is 23.4 Å². The number of amides is 1. The third-order valence-corrected chi connectivity index (χ3v) is 4.94. The second-order valence-corrected chi connectivity index (χ2v) is 7.42. The number of halogens is 3. The van der Waals surface area contributed by atoms with E-state index >= 15 is 0 Å². The van der Waals surface area contributed by atoms with Crippen molar-refractivity contribution in [2.45, 2.75) is 44.9 Å². The topological polar surface area (TPSA) is 41.1 Å². The first-order valence-corrected chi connectivity index (χ1v) is 8.69. The molecule has 0 aromatic heterocycles. The van der Waals surface area contributed by atoms with Crippen LogP contribution in [0.4, 0.5) is 4.39 Å². The van der Waals surface area contributed by atoms with Gasteiger partial charge in [0.25, 0.3) is 0 Å². The van der Waals surface area contributed by atoms with Crippen LogP contribution in [0.5, 0.6) is 0 Å². The number of carbonyl (C=O) groups is 1. The number of piperidine rings is 1. The van der Waals surface area contributed by atoms with Gasteiger partial charge in [-0.05, 0) is 56.0 Å². The molecule has 1 saturated heterocycles. The average molecular weight is 377 g/mol. The zero-order valence-corrected chi connectivity index (χ0v) is 15.9. The Morgan fingerprint density at radius 1 is 1.38 bits per heavy atom. The van der Waals surface area contributed by atoms with Crippen LogP contribution >= 0.6 is 24.0 Å². The zero-order chi connectivity index (χ0) is 16.9. The number of benzene rings is 1. The fraction of sp³-hybridized carbons (Fsp3) is 0.611. The quantitative estimate of drug-likeness (QED) is 0.785. The molecule has 0 spiro atoms. The molecule has 6 heteroatoms. The Morgan fingerprint density at radius 2 is 2.04 bits per heavy atom. The summed E-state index contributed by atoms with van der Waals surface area (Å²) in [5, 5.41) is 6.73. The number of carbonyl (C=O) groups excluding carboxylic acids is 1. The van der Waals surface area contributed by atoms with Crippen LogP contribution in [0.3, 0.4) is 0 Å². The van der Waals surface area contributed by atoms with Crippen molar-refractivity contribution in [2.24, 2.45) is 5.92 Å². The minimum Gasteiger partial charge on any atom is -0.355 e. The summed E-state index contributed by atoms with van der Waals surface area (Å²) in [6, 6.07) is 4.41. The van der Waals surface area contributed by atoms with E-state index in [0.29, 0.717) is 23.9 Å². The first-order chi connectivity index (χ1) is 10.9. The molecular formula is C18H27Cl2FN2O. The van der Waals surface area contributed by atoms with Crippen molar-refractivity contribution in [3.63, 3.8) is 0 Å². The highest BCUT2D eigenvalue weighted by Crippen LogP contribution is 2.30. The van der Waals surface area contributed by atoms with Gasteiger partial charge < -0.3 is 10.6 Å². The van der Waals surface area contributed by atoms with Gasteiger partial charge in [0.2, 0.25) is 5.91 Å². The summed E-state index contributed by atoms with van der Waals surface area (Å²) in [7, 11) is 0. The Balaban J connectivity index is 0.00000288. The van der Waals surface area contributed by atoms with Crippen LogP contribution < -0.4 is 10.6 Å². The summed E-state index contributed by atoms with van der Waals surface area (Å²) in [6.45, 7) is 6.60. The van der Waals surface area contributed by atoms with Crippen LogP contribution in [-0.4, -0.2) is 25.5 Å². The molecule has 2 rings (SSSR count). The molecule has 1 fully saturated rings. The Kier molecular flexibility index (Phi) is 8.48. The van der Waals surface area contributed by atoms with Crippen molar-refractivity contribution in [3.8, 4) is 0 Å². The standard InChI is InChI=1S/C18H26ClFN2O.ClH/c1-18(2,15-5-4-14(20)11-16(15)19)12-22-17(23)6-3-13-7-9-21-10-8-13;/h4-5,11,13,21H,3,6-10,12H2,1-2H3,(H,22,23);1H. The fourth-order valence-corrected chi connectivity index (χ4v) is 3.47. The van der Waals surface area contributed by atoms with Crippen LogP contribution in [0.2, 0.25) is 5.02 Å². The molecule has 2 N–H and O–H groups in total. The van der Waals surface area contributed by atoms with Crippen molar-refractivity contribution in [2.75, 3.05) is 19.6 Å². The van der Waals surface area contributed by atoms with Gasteiger partial charge in [-0.15, -0.1) is 12.4 Å². The highest BCUT2D eigenvalue weighted by molar-refractivity contribution is 6.31. The second-order valence-electron chi connectivity index (χ2n) is 7.02. The van der Waals surface area contributed by atoms with E-state index in [4.69, 9.17) is 11.6 Å². The largest absolute Gasteiger partial charge is 0.355 e. The van der Waals surface area contributed by atoms with Crippen molar-refractivity contribution in [1.82, 2.24) is 10.6 Å². The van der Waals surface area contributed by atoms with Gasteiger partial charge in [-0.3, -0.25) is 4.79 Å². The maximum atomic E-state index is 13.2. The van der Waals surface area contributed by atoms with Crippen LogP contribution in [0.1, 0.15) is 45.1 Å². The average Bonchev–Trinajstić information content (AvgIpc) is 2.51. The predicted octanol–water partition coefficient (Wildman–Crippen LogP) is 4.07. The third-order valence-electron chi connectivity index (χ3n) is 4.63. The van der Waals surface area contributed by atoms with Gasteiger partial charge in [0.05, 0.1) is 0 Å². The lowest BCUT2D eigenvalue weighted by Gasteiger charge is -2.27. The molecule has 24 heavy (non-hydrogen) atoms. The Labute approximate surface area is 155 Å². The van der Waals surface area contributed by atoms with Crippen molar-refractivity contribution in [1.29, 1.82) is 0 Å². The number of hydrogen-bond acceptors (Lipinski definition) is 2. The van der Waals surface area contributed by atoms with Crippen LogP contribution in [-0.2, 0) is 10.2 Å². The fourth-order valence-electron chi connectivity index (χ4n) is 3.05. The molecule has 0 saturated carbocycles. The van der Waals surface area contributed by atoms with E-state index in [1.807, 2.05) is 13.8 Å².